The second-order valence-electron chi connectivity index (χ2n) is 27.3. The van der Waals surface area contributed by atoms with E-state index in [9.17, 15) is 47.9 Å². The molecule has 0 bridgehead atoms. The minimum atomic E-state index is -0.717. The van der Waals surface area contributed by atoms with Crippen LogP contribution >= 0.6 is 86.3 Å². The number of imidazole rings is 4. The van der Waals surface area contributed by atoms with Crippen molar-refractivity contribution in [3.8, 4) is 24.7 Å². The molecule has 43 heteroatoms. The number of hydrogen-bond donors (Lipinski definition) is 5. The third-order valence-corrected chi connectivity index (χ3v) is 20.1. The Labute approximate surface area is 715 Å². The van der Waals surface area contributed by atoms with Gasteiger partial charge in [0, 0.05) is 152 Å². The van der Waals surface area contributed by atoms with E-state index in [4.69, 9.17) is 28.1 Å². The fraction of sp³-hybridized carbons (Fsp3) is 0.267. The predicted molar refractivity (Wildman–Crippen MR) is 470 cm³/mol. The zero-order valence-corrected chi connectivity index (χ0v) is 74.2. The molecule has 614 valence electrons. The molecule has 0 aliphatic rings. The number of carbonyl (C=O) groups excluding carboxylic acids is 2. The van der Waals surface area contributed by atoms with Crippen molar-refractivity contribution in [3.63, 3.8) is 0 Å². The van der Waals surface area contributed by atoms with Gasteiger partial charge in [-0.15, -0.1) is 12.8 Å². The number of nitrogens with zero attached hydrogens (tertiary/aromatic N) is 21. The van der Waals surface area contributed by atoms with E-state index in [0.29, 0.717) is 81.3 Å². The van der Waals surface area contributed by atoms with Crippen LogP contribution in [0.2, 0.25) is 0 Å². The molecule has 0 atom stereocenters. The minimum Gasteiger partial charge on any atom is -0.444 e. The summed E-state index contributed by atoms with van der Waals surface area (Å²) in [6.45, 7) is 10.7. The third-order valence-electron chi connectivity index (χ3n) is 16.8. The molecule has 1 amide bonds. The maximum absolute atomic E-state index is 13.2. The topological polar surface area (TPSA) is 446 Å². The fourth-order valence-corrected chi connectivity index (χ4v) is 12.7. The number of aromatic amines is 2. The number of anilines is 4. The number of aryl methyl sites for hydroxylation is 8. The van der Waals surface area contributed by atoms with E-state index in [1.807, 2.05) is 32.9 Å². The number of ether oxygens (including phenoxy) is 2. The molecule has 15 aromatic rings. The van der Waals surface area contributed by atoms with Crippen molar-refractivity contribution >= 4 is 188 Å². The molecule has 6 N–H and O–H groups in total. The van der Waals surface area contributed by atoms with Gasteiger partial charge in [0.05, 0.1) is 45.4 Å². The molecule has 0 spiro atoms. The SMILES string of the molecule is C#CCBr.C#CCn1c(=O)c2c(nc(Br)n2C)n(C)c1=O.CC(C)(C)OC(=O)Nc1ccncc1I.Cn1c(Br)nc2c1c(=O)[nH]c(=O)n2C.Cn1c(Br)nc2c1c(=O)n(Cc1cc3cnccc3n1C(=O)OC(C)(C)C)c(=O)n2C.Cn1c(Nc2ccncc2)nc2c1c(=O)n(Cc1cc3cnccc3[nH]1)c(=O)n2C.Nc1ccncc1. The highest BCUT2D eigenvalue weighted by Gasteiger charge is 2.27. The lowest BCUT2D eigenvalue weighted by Crippen LogP contribution is -2.40. The molecule has 0 fully saturated rings. The van der Waals surface area contributed by atoms with Gasteiger partial charge in [-0.3, -0.25) is 81.8 Å². The Bertz CT molecular complexity index is 6880. The molecule has 0 aromatic carbocycles. The number of rotatable bonds is 8. The van der Waals surface area contributed by atoms with E-state index in [2.05, 4.69) is 164 Å². The highest BCUT2D eigenvalue weighted by molar-refractivity contribution is 14.1. The van der Waals surface area contributed by atoms with Gasteiger partial charge in [-0.1, -0.05) is 27.8 Å². The van der Waals surface area contributed by atoms with Gasteiger partial charge in [-0.05, 0) is 167 Å². The lowest BCUT2D eigenvalue weighted by atomic mass is 10.2. The van der Waals surface area contributed by atoms with Crippen LogP contribution in [0.4, 0.5) is 32.6 Å². The molecule has 0 aliphatic carbocycles. The van der Waals surface area contributed by atoms with Gasteiger partial charge < -0.3 is 43.8 Å². The van der Waals surface area contributed by atoms with E-state index in [0.717, 1.165) is 40.7 Å². The van der Waals surface area contributed by atoms with Crippen molar-refractivity contribution < 1.29 is 19.1 Å². The Morgan fingerprint density at radius 2 is 0.992 bits per heavy atom. The fourth-order valence-electron chi connectivity index (χ4n) is 11.2. The molecule has 0 saturated heterocycles. The number of nitrogens with two attached hydrogens (primary N) is 1. The van der Waals surface area contributed by atoms with Crippen LogP contribution in [0.15, 0.2) is 169 Å². The quantitative estimate of drug-likeness (QED) is 0.0414. The summed E-state index contributed by atoms with van der Waals surface area (Å²) in [5.41, 5.74) is 7.98. The highest BCUT2D eigenvalue weighted by atomic mass is 127. The number of pyridine rings is 5. The van der Waals surface area contributed by atoms with Crippen LogP contribution in [0, 0.1) is 28.3 Å². The van der Waals surface area contributed by atoms with E-state index in [1.165, 1.54) is 27.4 Å². The highest BCUT2D eigenvalue weighted by Crippen LogP contribution is 2.25. The monoisotopic (exact) mass is 1980 g/mol. The molecule has 0 saturated carbocycles. The van der Waals surface area contributed by atoms with Crippen molar-refractivity contribution in [1.29, 1.82) is 0 Å². The molecule has 0 unspecified atom stereocenters. The maximum Gasteiger partial charge on any atom is 0.419 e. The smallest absolute Gasteiger partial charge is 0.419 e. The first-order valence-electron chi connectivity index (χ1n) is 34.8. The summed E-state index contributed by atoms with van der Waals surface area (Å²) in [5.74, 6) is 5.10. The van der Waals surface area contributed by atoms with Crippen LogP contribution in [-0.4, -0.2) is 138 Å². The van der Waals surface area contributed by atoms with E-state index in [-0.39, 0.29) is 30.8 Å². The summed E-state index contributed by atoms with van der Waals surface area (Å²) < 4.78 is 29.3. The van der Waals surface area contributed by atoms with Crippen molar-refractivity contribution in [2.24, 2.45) is 56.4 Å². The molecule has 0 radical (unpaired) electrons. The predicted octanol–water partition coefficient (Wildman–Crippen LogP) is 8.14. The third kappa shape index (κ3) is 20.5. The normalized spacial score (nSPS) is 11.0. The van der Waals surface area contributed by atoms with Crippen LogP contribution in [0.1, 0.15) is 52.9 Å². The Hall–Kier alpha value is -12.5. The van der Waals surface area contributed by atoms with E-state index >= 15 is 0 Å². The summed E-state index contributed by atoms with van der Waals surface area (Å²) in [7, 11) is 13.1. The Morgan fingerprint density at radius 3 is 1.50 bits per heavy atom. The van der Waals surface area contributed by atoms with Gasteiger partial charge in [0.15, 0.2) is 58.9 Å². The molecule has 15 rings (SSSR count). The first-order chi connectivity index (χ1) is 55.7. The zero-order valence-electron chi connectivity index (χ0n) is 65.7. The lowest BCUT2D eigenvalue weighted by molar-refractivity contribution is 0.0538. The van der Waals surface area contributed by atoms with Crippen molar-refractivity contribution in [2.45, 2.75) is 72.4 Å². The van der Waals surface area contributed by atoms with Crippen LogP contribution in [0.5, 0.6) is 0 Å². The van der Waals surface area contributed by atoms with Gasteiger partial charge in [-0.2, -0.15) is 4.98 Å². The number of carbonyl (C=O) groups is 2. The number of nitrogens with one attached hydrogen (secondary N) is 4. The molecule has 15 aromatic heterocycles. The van der Waals surface area contributed by atoms with Gasteiger partial charge in [0.25, 0.3) is 22.2 Å². The van der Waals surface area contributed by atoms with Crippen LogP contribution in [0.25, 0.3) is 66.5 Å². The summed E-state index contributed by atoms with van der Waals surface area (Å²) in [4.78, 5) is 166. The van der Waals surface area contributed by atoms with Gasteiger partial charge in [0.1, 0.15) is 11.2 Å². The molecule has 118 heavy (non-hydrogen) atoms. The molecular formula is C75H77Br4IN26O12. The first-order valence-corrected chi connectivity index (χ1v) is 39.4. The Morgan fingerprint density at radius 1 is 0.534 bits per heavy atom. The largest absolute Gasteiger partial charge is 0.444 e. The minimum absolute atomic E-state index is 0.0513. The molecule has 15 heterocycles. The molecular weight excluding hydrogens is 1900 g/mol. The Balaban J connectivity index is 0.000000168. The van der Waals surface area contributed by atoms with Gasteiger partial charge >= 0.3 is 34.9 Å². The number of nitrogen functional groups attached to an aromatic ring is 1. The van der Waals surface area contributed by atoms with Gasteiger partial charge in [0.2, 0.25) is 5.95 Å². The average molecular weight is 1980 g/mol. The number of fused-ring (bicyclic) bond motifs is 6. The van der Waals surface area contributed by atoms with Crippen molar-refractivity contribution in [2.75, 3.05) is 21.7 Å². The lowest BCUT2D eigenvalue weighted by Gasteiger charge is -2.21. The number of H-pyrrole nitrogens is 2. The number of aromatic nitrogens is 23. The van der Waals surface area contributed by atoms with E-state index < -0.39 is 68.4 Å². The Kier molecular flexibility index (Phi) is 28.9. The summed E-state index contributed by atoms with van der Waals surface area (Å²) in [5, 5.41) is 8.09. The van der Waals surface area contributed by atoms with Crippen LogP contribution in [0.3, 0.4) is 0 Å². The zero-order chi connectivity index (χ0) is 86.7. The van der Waals surface area contributed by atoms with Crippen LogP contribution in [-0.2, 0) is 85.5 Å². The average Bonchev–Trinajstić information content (AvgIpc) is 1.60. The standard InChI is InChI=1S/C20H21BrN6O4.C20H18N8O2.C10H9BrN4O2.C10H13IN2O2.C7H7BrN4O2.C5H6N2.C3H3Br/c1-20(2,3)31-19(30)27-12(8-11-9-22-7-6-13(11)27)10-26-16(28)14-15(25(5)18(26)29)23-17(21)24(14)4;1-26-16-17(25-19(26)24-13-3-6-21-7-4-13)27(2)20(30)28(18(16)29)11-14-9-12-10-22-8-5-15(12)23-14;1-4-5-15-8(16)6-7(14(3)10(15)17)12-9(11)13(6)2;1-10(2,3)15-9(14)13-8-4-5-12-6-7(8)11;1-11-3-4(9-6(11)8)12(2)7(14)10-5(3)13;6-5-1-3-7-4-2-5;1-2-3-4/h6-9H,10H2,1-5H3;3-10,23H,11H2,1-2H3,(H,21,24,25);1H,5H2,2-3H3;4-6H,1-3H3,(H,12,13,14);1-2H3,(H,10,13,14);1-4H,(H2,6,7);1H,3H2. The van der Waals surface area contributed by atoms with E-state index in [1.54, 1.807) is 200 Å². The summed E-state index contributed by atoms with van der Waals surface area (Å²) in [6.07, 6.45) is 25.4. The number of halogens is 5. The van der Waals surface area contributed by atoms with Crippen LogP contribution < -0.4 is 61.4 Å². The first kappa shape index (κ1) is 89.5. The van der Waals surface area contributed by atoms with Crippen molar-refractivity contribution in [1.82, 2.24) is 110 Å². The maximum atomic E-state index is 13.2. The second-order valence-corrected chi connectivity index (χ2v) is 31.2. The summed E-state index contributed by atoms with van der Waals surface area (Å²) in [6, 6.07) is 16.0. The van der Waals surface area contributed by atoms with Gasteiger partial charge in [-0.25, -0.2) is 52.9 Å². The number of amides is 1. The molecule has 38 nitrogen and oxygen atoms in total. The second kappa shape index (κ2) is 38.1. The summed E-state index contributed by atoms with van der Waals surface area (Å²) >= 11 is 14.8. The number of hydrogen-bond acceptors (Lipinski definition) is 23. The number of alkyl halides is 1. The van der Waals surface area contributed by atoms with Crippen molar-refractivity contribution in [3.05, 3.63) is 229 Å². The number of terminal acetylenes is 2. The molecule has 0 aliphatic heterocycles.